The van der Waals surface area contributed by atoms with E-state index in [1.165, 1.54) is 0 Å². The lowest BCUT2D eigenvalue weighted by atomic mass is 10.1. The van der Waals surface area contributed by atoms with Gasteiger partial charge in [-0.3, -0.25) is 4.79 Å². The van der Waals surface area contributed by atoms with E-state index in [4.69, 9.17) is 13.9 Å². The van der Waals surface area contributed by atoms with Crippen LogP contribution in [0.2, 0.25) is 0 Å². The van der Waals surface area contributed by atoms with Crippen molar-refractivity contribution in [1.29, 1.82) is 0 Å². The minimum absolute atomic E-state index is 0.168. The van der Waals surface area contributed by atoms with Gasteiger partial charge in [-0.15, -0.1) is 0 Å². The number of amides is 1. The molecular formula is C26H25N3O5. The van der Waals surface area contributed by atoms with Crippen molar-refractivity contribution >= 4 is 17.6 Å². The van der Waals surface area contributed by atoms with Crippen LogP contribution in [0, 0.1) is 13.8 Å². The molecule has 2 aromatic carbocycles. The van der Waals surface area contributed by atoms with E-state index in [1.807, 2.05) is 42.5 Å². The van der Waals surface area contributed by atoms with Crippen molar-refractivity contribution < 1.29 is 23.5 Å². The molecule has 0 fully saturated rings. The zero-order chi connectivity index (χ0) is 24.2. The molecule has 0 saturated carbocycles. The lowest BCUT2D eigenvalue weighted by molar-refractivity contribution is 0.0518. The molecule has 0 spiro atoms. The molecule has 0 saturated heterocycles. The molecule has 4 aromatic rings. The summed E-state index contributed by atoms with van der Waals surface area (Å²) in [6.45, 7) is 5.53. The molecule has 2 heterocycles. The molecule has 0 aliphatic carbocycles. The van der Waals surface area contributed by atoms with Crippen LogP contribution in [0.1, 0.15) is 39.3 Å². The molecule has 174 valence electrons. The number of anilines is 1. The molecule has 0 unspecified atom stereocenters. The Morgan fingerprint density at radius 1 is 1.06 bits per heavy atom. The first-order chi connectivity index (χ1) is 16.4. The number of para-hydroxylation sites is 2. The molecule has 0 aliphatic heterocycles. The molecule has 1 N–H and O–H groups in total. The second kappa shape index (κ2) is 9.66. The number of hydrogen-bond donors (Lipinski definition) is 1. The van der Waals surface area contributed by atoms with Gasteiger partial charge >= 0.3 is 5.97 Å². The van der Waals surface area contributed by atoms with Gasteiger partial charge in [0.05, 0.1) is 25.0 Å². The largest absolute Gasteiger partial charge is 0.494 e. The van der Waals surface area contributed by atoms with Crippen LogP contribution in [0.3, 0.4) is 0 Å². The number of aryl methyl sites for hydroxylation is 2. The Labute approximate surface area is 197 Å². The Morgan fingerprint density at radius 2 is 1.85 bits per heavy atom. The Morgan fingerprint density at radius 3 is 2.56 bits per heavy atom. The Balaban J connectivity index is 1.75. The number of rotatable bonds is 7. The molecule has 8 nitrogen and oxygen atoms in total. The van der Waals surface area contributed by atoms with Gasteiger partial charge in [0.1, 0.15) is 23.0 Å². The van der Waals surface area contributed by atoms with Crippen molar-refractivity contribution in [3.63, 3.8) is 0 Å². The lowest BCUT2D eigenvalue weighted by Gasteiger charge is -2.12. The summed E-state index contributed by atoms with van der Waals surface area (Å²) >= 11 is 0. The second-order valence-electron chi connectivity index (χ2n) is 7.58. The number of nitrogens with one attached hydrogen (secondary N) is 1. The van der Waals surface area contributed by atoms with Gasteiger partial charge < -0.3 is 19.2 Å². The number of methoxy groups -OCH3 is 1. The topological polar surface area (TPSA) is 95.6 Å². The minimum Gasteiger partial charge on any atom is -0.494 e. The van der Waals surface area contributed by atoms with E-state index in [-0.39, 0.29) is 18.2 Å². The van der Waals surface area contributed by atoms with Crippen molar-refractivity contribution in [1.82, 2.24) is 9.78 Å². The first-order valence-electron chi connectivity index (χ1n) is 10.8. The van der Waals surface area contributed by atoms with Crippen LogP contribution in [-0.2, 0) is 4.74 Å². The standard InChI is InChI=1S/C26H25N3O5/c1-5-33-26(31)21-15-23(29(28-21)22-11-6-7-12-24(22)32-4)18-9-8-10-19(14-18)27-25(30)20-13-16(2)34-17(20)3/h6-15H,5H2,1-4H3,(H,27,30). The Hall–Kier alpha value is -4.33. The van der Waals surface area contributed by atoms with E-state index in [0.29, 0.717) is 39.9 Å². The van der Waals surface area contributed by atoms with Crippen LogP contribution in [0.15, 0.2) is 65.1 Å². The number of hydrogen-bond acceptors (Lipinski definition) is 6. The minimum atomic E-state index is -0.521. The third-order valence-electron chi connectivity index (χ3n) is 5.21. The molecule has 2 aromatic heterocycles. The Bertz CT molecular complexity index is 1350. The summed E-state index contributed by atoms with van der Waals surface area (Å²) in [5.74, 6) is 1.03. The first kappa shape index (κ1) is 22.8. The fourth-order valence-corrected chi connectivity index (χ4v) is 3.69. The maximum Gasteiger partial charge on any atom is 0.358 e. The van der Waals surface area contributed by atoms with E-state index < -0.39 is 5.97 Å². The van der Waals surface area contributed by atoms with Crippen LogP contribution in [0.25, 0.3) is 16.9 Å². The van der Waals surface area contributed by atoms with Crippen molar-refractivity contribution in [3.05, 3.63) is 83.4 Å². The van der Waals surface area contributed by atoms with E-state index in [9.17, 15) is 9.59 Å². The number of carbonyl (C=O) groups is 2. The highest BCUT2D eigenvalue weighted by molar-refractivity contribution is 6.05. The fraction of sp³-hybridized carbons (Fsp3) is 0.192. The predicted octanol–water partition coefficient (Wildman–Crippen LogP) is 5.19. The number of furan rings is 1. The van der Waals surface area contributed by atoms with E-state index >= 15 is 0 Å². The van der Waals surface area contributed by atoms with Crippen molar-refractivity contribution in [3.8, 4) is 22.7 Å². The van der Waals surface area contributed by atoms with E-state index in [1.54, 1.807) is 50.8 Å². The molecule has 4 rings (SSSR count). The average Bonchev–Trinajstić information content (AvgIpc) is 3.42. The number of carbonyl (C=O) groups excluding carboxylic acids is 2. The third-order valence-corrected chi connectivity index (χ3v) is 5.21. The molecule has 0 atom stereocenters. The zero-order valence-corrected chi connectivity index (χ0v) is 19.4. The van der Waals surface area contributed by atoms with Crippen LogP contribution in [-0.4, -0.2) is 35.4 Å². The van der Waals surface area contributed by atoms with Gasteiger partial charge in [0.25, 0.3) is 5.91 Å². The highest BCUT2D eigenvalue weighted by Crippen LogP contribution is 2.31. The number of aromatic nitrogens is 2. The van der Waals surface area contributed by atoms with Gasteiger partial charge in [-0.1, -0.05) is 24.3 Å². The van der Waals surface area contributed by atoms with E-state index in [2.05, 4.69) is 10.4 Å². The maximum atomic E-state index is 12.8. The SMILES string of the molecule is CCOC(=O)c1cc(-c2cccc(NC(=O)c3cc(C)oc3C)c2)n(-c2ccccc2OC)n1. The van der Waals surface area contributed by atoms with Gasteiger partial charge in [-0.2, -0.15) is 5.10 Å². The molecule has 0 radical (unpaired) electrons. The molecule has 1 amide bonds. The average molecular weight is 460 g/mol. The summed E-state index contributed by atoms with van der Waals surface area (Å²) in [6.07, 6.45) is 0. The molecule has 0 bridgehead atoms. The summed E-state index contributed by atoms with van der Waals surface area (Å²) in [7, 11) is 1.57. The summed E-state index contributed by atoms with van der Waals surface area (Å²) in [6, 6.07) is 18.1. The van der Waals surface area contributed by atoms with Crippen molar-refractivity contribution in [2.24, 2.45) is 0 Å². The lowest BCUT2D eigenvalue weighted by Crippen LogP contribution is -2.12. The number of esters is 1. The van der Waals surface area contributed by atoms with Crippen LogP contribution in [0.4, 0.5) is 5.69 Å². The van der Waals surface area contributed by atoms with Crippen molar-refractivity contribution in [2.75, 3.05) is 19.0 Å². The molecule has 8 heteroatoms. The molecular weight excluding hydrogens is 434 g/mol. The first-order valence-corrected chi connectivity index (χ1v) is 10.8. The van der Waals surface area contributed by atoms with Crippen LogP contribution < -0.4 is 10.1 Å². The van der Waals surface area contributed by atoms with Gasteiger partial charge in [0.2, 0.25) is 0 Å². The van der Waals surface area contributed by atoms with Gasteiger partial charge in [0, 0.05) is 11.3 Å². The van der Waals surface area contributed by atoms with Gasteiger partial charge in [-0.05, 0) is 57.2 Å². The van der Waals surface area contributed by atoms with Gasteiger partial charge in [-0.25, -0.2) is 9.48 Å². The van der Waals surface area contributed by atoms with Crippen LogP contribution in [0.5, 0.6) is 5.75 Å². The summed E-state index contributed by atoms with van der Waals surface area (Å²) in [4.78, 5) is 25.2. The van der Waals surface area contributed by atoms with E-state index in [0.717, 1.165) is 5.56 Å². The highest BCUT2D eigenvalue weighted by Gasteiger charge is 2.20. The number of benzene rings is 2. The number of ether oxygens (including phenoxy) is 2. The normalized spacial score (nSPS) is 10.7. The predicted molar refractivity (Wildman–Crippen MR) is 128 cm³/mol. The fourth-order valence-electron chi connectivity index (χ4n) is 3.69. The maximum absolute atomic E-state index is 12.8. The molecule has 0 aliphatic rings. The van der Waals surface area contributed by atoms with Crippen LogP contribution >= 0.6 is 0 Å². The smallest absolute Gasteiger partial charge is 0.358 e. The van der Waals surface area contributed by atoms with Gasteiger partial charge in [0.15, 0.2) is 5.69 Å². The quantitative estimate of drug-likeness (QED) is 0.382. The zero-order valence-electron chi connectivity index (χ0n) is 19.4. The summed E-state index contributed by atoms with van der Waals surface area (Å²) in [5, 5.41) is 7.41. The highest BCUT2D eigenvalue weighted by atomic mass is 16.5. The Kier molecular flexibility index (Phi) is 6.49. The molecule has 34 heavy (non-hydrogen) atoms. The summed E-state index contributed by atoms with van der Waals surface area (Å²) < 4.78 is 17.8. The third kappa shape index (κ3) is 4.56. The van der Waals surface area contributed by atoms with Crippen molar-refractivity contribution in [2.45, 2.75) is 20.8 Å². The second-order valence-corrected chi connectivity index (χ2v) is 7.58. The monoisotopic (exact) mass is 459 g/mol. The summed E-state index contributed by atoms with van der Waals surface area (Å²) in [5.41, 5.74) is 3.28. The number of nitrogens with zero attached hydrogens (tertiary/aromatic N) is 2.